The molecule has 1 atom stereocenters. The van der Waals surface area contributed by atoms with Gasteiger partial charge in [-0.3, -0.25) is 4.79 Å². The van der Waals surface area contributed by atoms with Crippen LogP contribution >= 0.6 is 0 Å². The largest absolute Gasteiger partial charge is 0.466 e. The molecule has 42 heavy (non-hydrogen) atoms. The van der Waals surface area contributed by atoms with Crippen molar-refractivity contribution in [2.45, 2.75) is 24.2 Å². The molecule has 1 aliphatic carbocycles. The molecule has 1 unspecified atom stereocenters. The Balaban J connectivity index is 1.19. The quantitative estimate of drug-likeness (QED) is 0.177. The van der Waals surface area contributed by atoms with Crippen LogP contribution in [0.3, 0.4) is 0 Å². The van der Waals surface area contributed by atoms with Crippen molar-refractivity contribution in [2.24, 2.45) is 5.92 Å². The molecule has 216 valence electrons. The summed E-state index contributed by atoms with van der Waals surface area (Å²) in [6.07, 6.45) is -0.366. The second-order valence-electron chi connectivity index (χ2n) is 9.85. The van der Waals surface area contributed by atoms with Crippen molar-refractivity contribution in [3.63, 3.8) is 0 Å². The van der Waals surface area contributed by atoms with Crippen molar-refractivity contribution in [2.75, 3.05) is 19.8 Å². The Kier molecular flexibility index (Phi) is 8.88. The van der Waals surface area contributed by atoms with E-state index in [4.69, 9.17) is 13.7 Å². The van der Waals surface area contributed by atoms with E-state index in [9.17, 15) is 18.0 Å². The van der Waals surface area contributed by atoms with Gasteiger partial charge >= 0.3 is 22.2 Å². The van der Waals surface area contributed by atoms with Crippen molar-refractivity contribution < 1.29 is 31.7 Å². The summed E-state index contributed by atoms with van der Waals surface area (Å²) in [6.45, 7) is 2.09. The third-order valence-electron chi connectivity index (χ3n) is 7.10. The number of benzene rings is 4. The summed E-state index contributed by atoms with van der Waals surface area (Å²) < 4.78 is 41.1. The maximum Gasteiger partial charge on any atom is 0.407 e. The van der Waals surface area contributed by atoms with Crippen molar-refractivity contribution in [3.8, 4) is 16.9 Å². The predicted octanol–water partition coefficient (Wildman–Crippen LogP) is 5.71. The molecule has 0 saturated heterocycles. The number of ether oxygens (including phenoxy) is 2. The Bertz CT molecular complexity index is 1610. The molecule has 0 aliphatic heterocycles. The number of amides is 1. The molecule has 4 aromatic rings. The highest BCUT2D eigenvalue weighted by Crippen LogP contribution is 2.44. The van der Waals surface area contributed by atoms with Gasteiger partial charge in [-0.05, 0) is 65.4 Å². The third kappa shape index (κ3) is 6.63. The monoisotopic (exact) mass is 585 g/mol. The van der Waals surface area contributed by atoms with E-state index in [0.29, 0.717) is 0 Å². The van der Waals surface area contributed by atoms with Crippen LogP contribution in [0.2, 0.25) is 0 Å². The van der Waals surface area contributed by atoms with Crippen molar-refractivity contribution in [1.82, 2.24) is 5.32 Å². The minimum atomic E-state index is -3.97. The summed E-state index contributed by atoms with van der Waals surface area (Å²) in [7, 11) is -3.97. The van der Waals surface area contributed by atoms with E-state index < -0.39 is 28.1 Å². The lowest BCUT2D eigenvalue weighted by atomic mass is 9.98. The van der Waals surface area contributed by atoms with Gasteiger partial charge in [-0.25, -0.2) is 4.79 Å². The third-order valence-corrected chi connectivity index (χ3v) is 8.36. The molecule has 9 heteroatoms. The van der Waals surface area contributed by atoms with E-state index >= 15 is 0 Å². The predicted molar refractivity (Wildman–Crippen MR) is 158 cm³/mol. The first-order chi connectivity index (χ1) is 20.4. The van der Waals surface area contributed by atoms with E-state index in [-0.39, 0.29) is 42.7 Å². The second kappa shape index (κ2) is 12.9. The fraction of sp³-hybridized carbons (Fsp3) is 0.212. The first kappa shape index (κ1) is 28.9. The Labute approximate surface area is 245 Å². The zero-order valence-corrected chi connectivity index (χ0v) is 23.9. The van der Waals surface area contributed by atoms with Crippen molar-refractivity contribution >= 4 is 22.2 Å². The summed E-state index contributed by atoms with van der Waals surface area (Å²) in [5.41, 5.74) is 5.24. The van der Waals surface area contributed by atoms with Crippen LogP contribution in [-0.2, 0) is 30.8 Å². The van der Waals surface area contributed by atoms with Gasteiger partial charge < -0.3 is 19.0 Å². The molecule has 0 saturated carbocycles. The van der Waals surface area contributed by atoms with Gasteiger partial charge in [-0.2, -0.15) is 8.42 Å². The smallest absolute Gasteiger partial charge is 0.407 e. The Morgan fingerprint density at radius 1 is 0.786 bits per heavy atom. The maximum absolute atomic E-state index is 12.7. The molecule has 4 aromatic carbocycles. The zero-order valence-electron chi connectivity index (χ0n) is 23.1. The lowest BCUT2D eigenvalue weighted by Crippen LogP contribution is -2.35. The van der Waals surface area contributed by atoms with Crippen LogP contribution in [0, 0.1) is 5.92 Å². The van der Waals surface area contributed by atoms with Crippen LogP contribution in [0.15, 0.2) is 108 Å². The average Bonchev–Trinajstić information content (AvgIpc) is 3.33. The molecule has 8 nitrogen and oxygen atoms in total. The van der Waals surface area contributed by atoms with Gasteiger partial charge in [-0.15, -0.1) is 0 Å². The van der Waals surface area contributed by atoms with Gasteiger partial charge in [0.15, 0.2) is 0 Å². The minimum absolute atomic E-state index is 0.0101. The topological polar surface area (TPSA) is 108 Å². The number of hydrogen-bond acceptors (Lipinski definition) is 7. The van der Waals surface area contributed by atoms with E-state index in [1.165, 1.54) is 24.3 Å². The van der Waals surface area contributed by atoms with Gasteiger partial charge in [0.1, 0.15) is 17.3 Å². The first-order valence-corrected chi connectivity index (χ1v) is 15.1. The van der Waals surface area contributed by atoms with Gasteiger partial charge in [0.2, 0.25) is 0 Å². The van der Waals surface area contributed by atoms with Gasteiger partial charge in [0, 0.05) is 12.5 Å². The highest BCUT2D eigenvalue weighted by Gasteiger charge is 2.29. The molecule has 1 amide bonds. The Morgan fingerprint density at radius 3 is 2.00 bits per heavy atom. The number of carbonyl (C=O) groups is 2. The minimum Gasteiger partial charge on any atom is -0.466 e. The van der Waals surface area contributed by atoms with Gasteiger partial charge in [0.25, 0.3) is 0 Å². The molecule has 0 spiro atoms. The molecule has 0 bridgehead atoms. The van der Waals surface area contributed by atoms with E-state index in [2.05, 4.69) is 17.4 Å². The second-order valence-corrected chi connectivity index (χ2v) is 11.4. The molecule has 0 radical (unpaired) electrons. The number of alkyl carbamates (subject to hydrolysis) is 1. The fourth-order valence-corrected chi connectivity index (χ4v) is 6.03. The fourth-order valence-electron chi connectivity index (χ4n) is 5.08. The Hall–Kier alpha value is -4.63. The summed E-state index contributed by atoms with van der Waals surface area (Å²) in [5.74, 6) is -1.06. The first-order valence-electron chi connectivity index (χ1n) is 13.7. The van der Waals surface area contributed by atoms with Crippen LogP contribution in [0.4, 0.5) is 4.79 Å². The highest BCUT2D eigenvalue weighted by molar-refractivity contribution is 7.87. The molecule has 0 fully saturated rings. The molecule has 5 rings (SSSR count). The number of hydrogen-bond donors (Lipinski definition) is 1. The van der Waals surface area contributed by atoms with Crippen LogP contribution in [0.5, 0.6) is 5.75 Å². The summed E-state index contributed by atoms with van der Waals surface area (Å²) >= 11 is 0. The summed E-state index contributed by atoms with van der Waals surface area (Å²) in [6, 6.07) is 30.4. The molecule has 0 heterocycles. The van der Waals surface area contributed by atoms with Crippen LogP contribution in [0.25, 0.3) is 11.1 Å². The zero-order chi connectivity index (χ0) is 29.5. The number of esters is 1. The lowest BCUT2D eigenvalue weighted by molar-refractivity contribution is -0.147. The SMILES string of the molecule is CCOC(=O)C(CNC(=O)OCC1c2ccccc2-c2ccccc21)Cc1ccc(OS(=O)(=O)c2ccccc2)cc1. The van der Waals surface area contributed by atoms with Crippen LogP contribution in [0.1, 0.15) is 29.5 Å². The van der Waals surface area contributed by atoms with Crippen molar-refractivity contribution in [1.29, 1.82) is 0 Å². The van der Waals surface area contributed by atoms with Crippen LogP contribution < -0.4 is 9.50 Å². The molecular formula is C33H31NO7S. The van der Waals surface area contributed by atoms with E-state index in [1.54, 1.807) is 37.3 Å². The highest BCUT2D eigenvalue weighted by atomic mass is 32.2. The molecule has 1 aliphatic rings. The van der Waals surface area contributed by atoms with E-state index in [1.807, 2.05) is 36.4 Å². The number of carbonyl (C=O) groups excluding carboxylic acids is 2. The Morgan fingerprint density at radius 2 is 1.38 bits per heavy atom. The van der Waals surface area contributed by atoms with Gasteiger partial charge in [0.05, 0.1) is 12.5 Å². The number of rotatable bonds is 11. The standard InChI is InChI=1S/C33H31NO7S/c1-2-39-32(35)24(20-23-16-18-25(19-17-23)41-42(37,38)26-10-4-3-5-11-26)21-34-33(36)40-22-31-29-14-8-6-12-27(29)28-13-7-9-15-30(28)31/h3-19,24,31H,2,20-22H2,1H3,(H,34,36). The lowest BCUT2D eigenvalue weighted by Gasteiger charge is -2.18. The molecule has 0 aromatic heterocycles. The maximum atomic E-state index is 12.7. The molecular weight excluding hydrogens is 554 g/mol. The van der Waals surface area contributed by atoms with E-state index in [0.717, 1.165) is 27.8 Å². The van der Waals surface area contributed by atoms with Crippen LogP contribution in [-0.4, -0.2) is 40.2 Å². The van der Waals surface area contributed by atoms with Gasteiger partial charge in [-0.1, -0.05) is 78.9 Å². The normalized spacial score (nSPS) is 13.0. The average molecular weight is 586 g/mol. The summed E-state index contributed by atoms with van der Waals surface area (Å²) in [5, 5.41) is 2.71. The number of fused-ring (bicyclic) bond motifs is 3. The van der Waals surface area contributed by atoms with Crippen molar-refractivity contribution in [3.05, 3.63) is 120 Å². The molecule has 1 N–H and O–H groups in total. The summed E-state index contributed by atoms with van der Waals surface area (Å²) in [4.78, 5) is 25.4. The number of nitrogens with one attached hydrogen (secondary N) is 1.